The van der Waals surface area contributed by atoms with Crippen molar-refractivity contribution in [3.8, 4) is 45.3 Å². The Labute approximate surface area is 484 Å². The summed E-state index contributed by atoms with van der Waals surface area (Å²) in [6.45, 7) is 15.4. The van der Waals surface area contributed by atoms with E-state index in [-0.39, 0.29) is 10.8 Å². The Morgan fingerprint density at radius 3 is 0.988 bits per heavy atom. The number of rotatable bonds is 6. The molecule has 6 aromatic heterocycles. The number of nitrogens with zero attached hydrogens (tertiary/aromatic N) is 2. The van der Waals surface area contributed by atoms with Crippen molar-refractivity contribution in [3.05, 3.63) is 223 Å². The Kier molecular flexibility index (Phi) is 10.1. The van der Waals surface area contributed by atoms with Gasteiger partial charge in [-0.25, -0.2) is 0 Å². The molecule has 0 saturated heterocycles. The number of benzene rings is 9. The van der Waals surface area contributed by atoms with Gasteiger partial charge in [0.1, 0.15) is 67.9 Å². The molecule has 0 spiro atoms. The standard InChI is InChI=1S/C75H55BN2O6/c1-42-28-57-69-58(29-42)78(54-34-49(67-38-45-18-10-14-22-61(45)81-67)31-50(35-54)68-39-46-19-11-15-23-62(46)82-68)71-56-41-52(75(5,6)7)25-27-64(56)84-73(71)76(69)72-70(55-40-51(74(2,3)4)24-26-63(55)83-72)77(57)53-32-47(65-36-43-16-8-12-20-59(43)79-65)30-48(33-53)66-37-44-17-9-13-21-60(44)80-66/h8-41H,1-7H3. The minimum Gasteiger partial charge on any atom is -0.468 e. The van der Waals surface area contributed by atoms with Gasteiger partial charge in [0.2, 0.25) is 0 Å². The second-order valence-corrected chi connectivity index (χ2v) is 25.0. The Morgan fingerprint density at radius 2 is 0.667 bits per heavy atom. The third-order valence-corrected chi connectivity index (χ3v) is 17.3. The molecule has 9 heteroatoms. The molecule has 0 unspecified atom stereocenters. The minimum atomic E-state index is -0.467. The lowest BCUT2D eigenvalue weighted by Crippen LogP contribution is -2.60. The summed E-state index contributed by atoms with van der Waals surface area (Å²) < 4.78 is 42.0. The van der Waals surface area contributed by atoms with Crippen LogP contribution < -0.4 is 26.6 Å². The van der Waals surface area contributed by atoms with Gasteiger partial charge in [-0.3, -0.25) is 0 Å². The van der Waals surface area contributed by atoms with Crippen molar-refractivity contribution in [1.29, 1.82) is 0 Å². The van der Waals surface area contributed by atoms with Crippen LogP contribution in [0.5, 0.6) is 0 Å². The molecule has 0 radical (unpaired) electrons. The van der Waals surface area contributed by atoms with E-state index < -0.39 is 6.71 Å². The fraction of sp³-hybridized carbons (Fsp3) is 0.120. The van der Waals surface area contributed by atoms with Crippen molar-refractivity contribution in [2.75, 3.05) is 9.80 Å². The molecule has 0 amide bonds. The van der Waals surface area contributed by atoms with E-state index in [9.17, 15) is 0 Å². The van der Waals surface area contributed by atoms with Crippen molar-refractivity contribution in [2.45, 2.75) is 59.3 Å². The largest absolute Gasteiger partial charge is 0.468 e. The van der Waals surface area contributed by atoms with Crippen molar-refractivity contribution in [3.63, 3.8) is 0 Å². The molecule has 2 aliphatic heterocycles. The molecule has 8 nitrogen and oxygen atoms in total. The second kappa shape index (κ2) is 17.5. The molecule has 17 rings (SSSR count). The summed E-state index contributed by atoms with van der Waals surface area (Å²) in [6.07, 6.45) is 0. The van der Waals surface area contributed by atoms with Crippen LogP contribution in [0.25, 0.3) is 111 Å². The van der Waals surface area contributed by atoms with Gasteiger partial charge in [-0.15, -0.1) is 0 Å². The SMILES string of the molecule is Cc1cc2c3c(c1)N(c1cc(-c4cc5ccccc5o4)cc(-c4cc5ccccc5o4)c1)c1c(oc4ccc(C(C)(C)C)cc14)B3c1oc3ccc(C(C)(C)C)cc3c1N2c1cc(-c2cc3ccccc3o2)cc(-c2cc3ccccc3o2)c1. The summed E-state index contributed by atoms with van der Waals surface area (Å²) in [6, 6.07) is 72.8. The molecule has 8 heterocycles. The maximum Gasteiger partial charge on any atom is 0.342 e. The zero-order chi connectivity index (χ0) is 56.5. The van der Waals surface area contributed by atoms with Crippen LogP contribution in [-0.4, -0.2) is 6.71 Å². The molecule has 0 fully saturated rings. The van der Waals surface area contributed by atoms with Crippen LogP contribution in [-0.2, 0) is 10.8 Å². The first-order valence-electron chi connectivity index (χ1n) is 28.9. The van der Waals surface area contributed by atoms with E-state index in [1.54, 1.807) is 0 Å². The summed E-state index contributed by atoms with van der Waals surface area (Å²) in [5.74, 6) is 3.00. The topological polar surface area (TPSA) is 85.3 Å². The Morgan fingerprint density at radius 1 is 0.333 bits per heavy atom. The zero-order valence-corrected chi connectivity index (χ0v) is 47.6. The predicted molar refractivity (Wildman–Crippen MR) is 343 cm³/mol. The van der Waals surface area contributed by atoms with Crippen LogP contribution in [0.1, 0.15) is 58.2 Å². The number of fused-ring (bicyclic) bond motifs is 12. The molecule has 0 bridgehead atoms. The van der Waals surface area contributed by atoms with E-state index in [1.165, 1.54) is 11.1 Å². The second-order valence-electron chi connectivity index (χ2n) is 25.0. The lowest BCUT2D eigenvalue weighted by atomic mass is 9.37. The molecular weight excluding hydrogens is 1040 g/mol. The highest BCUT2D eigenvalue weighted by atomic mass is 16.4. The van der Waals surface area contributed by atoms with Crippen molar-refractivity contribution < 1.29 is 26.5 Å². The van der Waals surface area contributed by atoms with Crippen LogP contribution in [0.2, 0.25) is 0 Å². The first-order chi connectivity index (χ1) is 40.7. The first kappa shape index (κ1) is 48.6. The number of para-hydroxylation sites is 4. The average Bonchev–Trinajstić information content (AvgIpc) is 1.93. The van der Waals surface area contributed by atoms with Crippen LogP contribution in [0, 0.1) is 6.92 Å². The van der Waals surface area contributed by atoms with Crippen LogP contribution in [0.15, 0.2) is 233 Å². The van der Waals surface area contributed by atoms with E-state index >= 15 is 0 Å². The highest BCUT2D eigenvalue weighted by Crippen LogP contribution is 2.52. The smallest absolute Gasteiger partial charge is 0.342 e. The van der Waals surface area contributed by atoms with Gasteiger partial charge in [0.25, 0.3) is 0 Å². The molecule has 9 aromatic carbocycles. The number of hydrogen-bond acceptors (Lipinski definition) is 8. The summed E-state index contributed by atoms with van der Waals surface area (Å²) in [5, 5.41) is 6.12. The number of hydrogen-bond donors (Lipinski definition) is 0. The maximum absolute atomic E-state index is 7.50. The number of anilines is 6. The van der Waals surface area contributed by atoms with Crippen molar-refractivity contribution in [2.24, 2.45) is 0 Å². The maximum atomic E-state index is 7.50. The third-order valence-electron chi connectivity index (χ3n) is 17.3. The summed E-state index contributed by atoms with van der Waals surface area (Å²) >= 11 is 0. The zero-order valence-electron chi connectivity index (χ0n) is 47.6. The minimum absolute atomic E-state index is 0.157. The van der Waals surface area contributed by atoms with Gasteiger partial charge in [-0.1, -0.05) is 126 Å². The molecule has 0 N–H and O–H groups in total. The molecule has 84 heavy (non-hydrogen) atoms. The predicted octanol–water partition coefficient (Wildman–Crippen LogP) is 19.8. The summed E-state index contributed by atoms with van der Waals surface area (Å²) in [5.41, 5.74) is 20.0. The van der Waals surface area contributed by atoms with Crippen molar-refractivity contribution >= 4 is 123 Å². The fourth-order valence-electron chi connectivity index (χ4n) is 13.1. The Bertz CT molecular complexity index is 4600. The van der Waals surface area contributed by atoms with E-state index in [0.717, 1.165) is 168 Å². The van der Waals surface area contributed by atoms with Crippen LogP contribution >= 0.6 is 0 Å². The van der Waals surface area contributed by atoms with Crippen LogP contribution in [0.4, 0.5) is 34.1 Å². The number of furan rings is 6. The Hall–Kier alpha value is -10.1. The van der Waals surface area contributed by atoms with Crippen molar-refractivity contribution in [1.82, 2.24) is 0 Å². The van der Waals surface area contributed by atoms with Gasteiger partial charge >= 0.3 is 6.71 Å². The Balaban J connectivity index is 0.982. The monoisotopic (exact) mass is 1090 g/mol. The van der Waals surface area contributed by atoms with Gasteiger partial charge in [0.05, 0.1) is 11.4 Å². The van der Waals surface area contributed by atoms with E-state index in [4.69, 9.17) is 26.5 Å². The molecular formula is C75H55BN2O6. The van der Waals surface area contributed by atoms with Crippen LogP contribution in [0.3, 0.4) is 0 Å². The molecule has 15 aromatic rings. The normalized spacial score (nSPS) is 13.3. The number of aryl methyl sites for hydroxylation is 1. The molecule has 0 atom stereocenters. The van der Waals surface area contributed by atoms with Gasteiger partial charge in [0.15, 0.2) is 0 Å². The quantitative estimate of drug-likeness (QED) is 0.152. The lowest BCUT2D eigenvalue weighted by molar-refractivity contribution is 0.590. The van der Waals surface area contributed by atoms with E-state index in [1.807, 2.05) is 48.5 Å². The molecule has 2 aliphatic rings. The van der Waals surface area contributed by atoms with Gasteiger partial charge < -0.3 is 36.3 Å². The lowest BCUT2D eigenvalue weighted by Gasteiger charge is -2.41. The molecule has 0 aliphatic carbocycles. The summed E-state index contributed by atoms with van der Waals surface area (Å²) in [4.78, 5) is 4.87. The average molecular weight is 1090 g/mol. The molecule has 404 valence electrons. The molecule has 0 saturated carbocycles. The van der Waals surface area contributed by atoms with Gasteiger partial charge in [0, 0.05) is 77.3 Å². The van der Waals surface area contributed by atoms with E-state index in [2.05, 4.69) is 216 Å². The van der Waals surface area contributed by atoms with Gasteiger partial charge in [-0.2, -0.15) is 0 Å². The summed E-state index contributed by atoms with van der Waals surface area (Å²) in [7, 11) is 0. The highest BCUT2D eigenvalue weighted by Gasteiger charge is 2.50. The van der Waals surface area contributed by atoms with Gasteiger partial charge in [-0.05, 0) is 161 Å². The van der Waals surface area contributed by atoms with E-state index in [0.29, 0.717) is 0 Å². The first-order valence-corrected chi connectivity index (χ1v) is 28.9. The third kappa shape index (κ3) is 7.47. The fourth-order valence-corrected chi connectivity index (χ4v) is 13.1. The highest BCUT2D eigenvalue weighted by molar-refractivity contribution is 6.99.